The minimum absolute atomic E-state index is 0.260. The summed E-state index contributed by atoms with van der Waals surface area (Å²) in [5, 5.41) is 8.84. The van der Waals surface area contributed by atoms with E-state index < -0.39 is 0 Å². The summed E-state index contributed by atoms with van der Waals surface area (Å²) in [7, 11) is 0. The molecule has 1 aliphatic carbocycles. The van der Waals surface area contributed by atoms with Crippen LogP contribution in [0.3, 0.4) is 0 Å². The molecule has 0 spiro atoms. The van der Waals surface area contributed by atoms with E-state index in [0.29, 0.717) is 5.92 Å². The van der Waals surface area contributed by atoms with Gasteiger partial charge in [0.05, 0.1) is 5.69 Å². The van der Waals surface area contributed by atoms with Crippen LogP contribution in [0.4, 0.5) is 4.39 Å². The van der Waals surface area contributed by atoms with Crippen molar-refractivity contribution < 1.29 is 4.39 Å². The van der Waals surface area contributed by atoms with E-state index in [9.17, 15) is 4.39 Å². The minimum Gasteiger partial charge on any atom is -0.253 e. The highest BCUT2D eigenvalue weighted by Gasteiger charge is 2.23. The molecule has 0 atom stereocenters. The topological polar surface area (TPSA) is 61.4 Å². The molecule has 25 heavy (non-hydrogen) atoms. The van der Waals surface area contributed by atoms with Gasteiger partial charge in [-0.3, -0.25) is 4.68 Å². The summed E-state index contributed by atoms with van der Waals surface area (Å²) in [6.07, 6.45) is 9.64. The summed E-state index contributed by atoms with van der Waals surface area (Å²) in [5.41, 5.74) is 0.729. The fourth-order valence-electron chi connectivity index (χ4n) is 3.44. The van der Waals surface area contributed by atoms with Gasteiger partial charge in [0.1, 0.15) is 24.3 Å². The van der Waals surface area contributed by atoms with Gasteiger partial charge in [0, 0.05) is 18.9 Å². The van der Waals surface area contributed by atoms with Crippen LogP contribution in [0.1, 0.15) is 49.7 Å². The molecule has 0 saturated heterocycles. The molecule has 2 heterocycles. The molecule has 0 amide bonds. The Morgan fingerprint density at radius 1 is 1.20 bits per heavy atom. The van der Waals surface area contributed by atoms with Crippen molar-refractivity contribution in [2.75, 3.05) is 0 Å². The molecule has 1 saturated carbocycles. The van der Waals surface area contributed by atoms with E-state index >= 15 is 0 Å². The van der Waals surface area contributed by atoms with Crippen molar-refractivity contribution in [3.8, 4) is 5.69 Å². The van der Waals surface area contributed by atoms with Crippen molar-refractivity contribution in [1.82, 2.24) is 29.5 Å². The summed E-state index contributed by atoms with van der Waals surface area (Å²) >= 11 is 0. The fraction of sp³-hybridized carbons (Fsp3) is 0.444. The number of halogens is 1. The first-order valence-corrected chi connectivity index (χ1v) is 8.84. The highest BCUT2D eigenvalue weighted by atomic mass is 19.1. The molecule has 3 aromatic rings. The van der Waals surface area contributed by atoms with Crippen LogP contribution in [0.15, 0.2) is 36.9 Å². The smallest absolute Gasteiger partial charge is 0.154 e. The summed E-state index contributed by atoms with van der Waals surface area (Å²) in [5.74, 6) is 1.96. The average Bonchev–Trinajstić information content (AvgIpc) is 3.36. The quantitative estimate of drug-likeness (QED) is 0.691. The van der Waals surface area contributed by atoms with Gasteiger partial charge in [-0.15, -0.1) is 0 Å². The monoisotopic (exact) mass is 340 g/mol. The Balaban J connectivity index is 1.58. The Kier molecular flexibility index (Phi) is 4.54. The van der Waals surface area contributed by atoms with Crippen molar-refractivity contribution in [3.63, 3.8) is 0 Å². The summed E-state index contributed by atoms with van der Waals surface area (Å²) in [4.78, 5) is 8.76. The standard InChI is InChI=1S/C18H21FN6/c19-15-7-3-8-16(11-15)25-17(9-4-10-24-13-20-12-21-24)22-18(23-25)14-5-1-2-6-14/h3,7-8,11-14H,1-2,4-6,9-10H2. The van der Waals surface area contributed by atoms with E-state index in [1.165, 1.54) is 31.3 Å². The van der Waals surface area contributed by atoms with Crippen molar-refractivity contribution in [3.05, 3.63) is 54.4 Å². The maximum absolute atomic E-state index is 13.7. The van der Waals surface area contributed by atoms with Gasteiger partial charge in [-0.2, -0.15) is 10.2 Å². The molecule has 130 valence electrons. The Morgan fingerprint density at radius 2 is 2.08 bits per heavy atom. The average molecular weight is 340 g/mol. The second-order valence-electron chi connectivity index (χ2n) is 6.52. The lowest BCUT2D eigenvalue weighted by Gasteiger charge is -2.06. The lowest BCUT2D eigenvalue weighted by atomic mass is 10.1. The normalized spacial score (nSPS) is 15.1. The summed E-state index contributed by atoms with van der Waals surface area (Å²) in [6, 6.07) is 6.54. The molecular weight excluding hydrogens is 319 g/mol. The second kappa shape index (κ2) is 7.13. The summed E-state index contributed by atoms with van der Waals surface area (Å²) < 4.78 is 17.3. The van der Waals surface area contributed by atoms with Crippen molar-refractivity contribution in [2.24, 2.45) is 0 Å². The molecule has 1 aromatic carbocycles. The van der Waals surface area contributed by atoms with Gasteiger partial charge in [0.15, 0.2) is 5.82 Å². The number of aryl methyl sites for hydroxylation is 2. The summed E-state index contributed by atoms with van der Waals surface area (Å²) in [6.45, 7) is 0.773. The van der Waals surface area contributed by atoms with E-state index in [2.05, 4.69) is 10.1 Å². The van der Waals surface area contributed by atoms with E-state index in [0.717, 1.165) is 49.6 Å². The van der Waals surface area contributed by atoms with E-state index in [1.807, 2.05) is 6.07 Å². The fourth-order valence-corrected chi connectivity index (χ4v) is 3.44. The van der Waals surface area contributed by atoms with Gasteiger partial charge in [0.2, 0.25) is 0 Å². The third-order valence-corrected chi connectivity index (χ3v) is 4.72. The zero-order valence-electron chi connectivity index (χ0n) is 14.1. The molecule has 0 unspecified atom stereocenters. The van der Waals surface area contributed by atoms with Crippen LogP contribution in [-0.4, -0.2) is 29.5 Å². The largest absolute Gasteiger partial charge is 0.253 e. The van der Waals surface area contributed by atoms with Crippen molar-refractivity contribution >= 4 is 0 Å². The molecule has 1 fully saturated rings. The van der Waals surface area contributed by atoms with Crippen molar-refractivity contribution in [2.45, 2.75) is 51.0 Å². The Morgan fingerprint density at radius 3 is 2.84 bits per heavy atom. The van der Waals surface area contributed by atoms with Crippen LogP contribution < -0.4 is 0 Å². The van der Waals surface area contributed by atoms with E-state index in [4.69, 9.17) is 10.1 Å². The number of hydrogen-bond donors (Lipinski definition) is 0. The highest BCUT2D eigenvalue weighted by Crippen LogP contribution is 2.32. The second-order valence-corrected chi connectivity index (χ2v) is 6.52. The molecule has 7 heteroatoms. The highest BCUT2D eigenvalue weighted by molar-refractivity contribution is 5.32. The molecule has 4 rings (SSSR count). The molecule has 0 N–H and O–H groups in total. The van der Waals surface area contributed by atoms with Gasteiger partial charge < -0.3 is 0 Å². The van der Waals surface area contributed by atoms with Gasteiger partial charge in [-0.25, -0.2) is 19.0 Å². The van der Waals surface area contributed by atoms with Crippen LogP contribution in [0, 0.1) is 5.82 Å². The molecule has 1 aliphatic rings. The first-order valence-electron chi connectivity index (χ1n) is 8.84. The van der Waals surface area contributed by atoms with Crippen LogP contribution in [0.2, 0.25) is 0 Å². The third kappa shape index (κ3) is 3.60. The number of hydrogen-bond acceptors (Lipinski definition) is 4. The van der Waals surface area contributed by atoms with Gasteiger partial charge in [0.25, 0.3) is 0 Å². The Hall–Kier alpha value is -2.57. The molecule has 2 aromatic heterocycles. The van der Waals surface area contributed by atoms with Gasteiger partial charge in [-0.1, -0.05) is 18.9 Å². The minimum atomic E-state index is -0.260. The zero-order valence-corrected chi connectivity index (χ0v) is 14.1. The van der Waals surface area contributed by atoms with E-state index in [-0.39, 0.29) is 5.82 Å². The predicted molar refractivity (Wildman–Crippen MR) is 90.9 cm³/mol. The first kappa shape index (κ1) is 15.9. The predicted octanol–water partition coefficient (Wildman–Crippen LogP) is 3.29. The SMILES string of the molecule is Fc1cccc(-n2nc(C3CCCC3)nc2CCCn2cncn2)c1. The van der Waals surface area contributed by atoms with Crippen LogP contribution in [0.5, 0.6) is 0 Å². The number of benzene rings is 1. The van der Waals surface area contributed by atoms with Crippen LogP contribution >= 0.6 is 0 Å². The van der Waals surface area contributed by atoms with Gasteiger partial charge in [-0.05, 0) is 37.5 Å². The number of rotatable bonds is 6. The lowest BCUT2D eigenvalue weighted by Crippen LogP contribution is -2.06. The zero-order chi connectivity index (χ0) is 17.1. The molecular formula is C18H21FN6. The Labute approximate surface area is 145 Å². The molecule has 6 nitrogen and oxygen atoms in total. The first-order chi connectivity index (χ1) is 12.3. The van der Waals surface area contributed by atoms with Crippen molar-refractivity contribution in [1.29, 1.82) is 0 Å². The van der Waals surface area contributed by atoms with Crippen LogP contribution in [-0.2, 0) is 13.0 Å². The van der Waals surface area contributed by atoms with Crippen LogP contribution in [0.25, 0.3) is 5.69 Å². The Bertz CT molecular complexity index is 820. The molecule has 0 bridgehead atoms. The number of aromatic nitrogens is 6. The third-order valence-electron chi connectivity index (χ3n) is 4.72. The number of nitrogens with zero attached hydrogens (tertiary/aromatic N) is 6. The lowest BCUT2D eigenvalue weighted by molar-refractivity contribution is 0.564. The molecule has 0 radical (unpaired) electrons. The van der Waals surface area contributed by atoms with E-state index in [1.54, 1.807) is 21.8 Å². The molecule has 0 aliphatic heterocycles. The van der Waals surface area contributed by atoms with Gasteiger partial charge >= 0.3 is 0 Å². The maximum Gasteiger partial charge on any atom is 0.154 e. The maximum atomic E-state index is 13.7.